The minimum Gasteiger partial charge on any atom is -0.478 e. The highest BCUT2D eigenvalue weighted by Gasteiger charge is 2.15. The van der Waals surface area contributed by atoms with Gasteiger partial charge in [0.25, 0.3) is 0 Å². The molecule has 0 amide bonds. The van der Waals surface area contributed by atoms with Crippen LogP contribution in [0.1, 0.15) is 35.9 Å². The zero-order valence-electron chi connectivity index (χ0n) is 13.0. The van der Waals surface area contributed by atoms with Crippen molar-refractivity contribution < 1.29 is 9.90 Å². The van der Waals surface area contributed by atoms with Gasteiger partial charge in [-0.1, -0.05) is 13.0 Å². The second kappa shape index (κ2) is 6.72. The average Bonchev–Trinajstić information content (AvgIpc) is 2.80. The van der Waals surface area contributed by atoms with E-state index in [2.05, 4.69) is 35.5 Å². The van der Waals surface area contributed by atoms with Crippen molar-refractivity contribution in [1.82, 2.24) is 14.5 Å². The van der Waals surface area contributed by atoms with E-state index in [1.54, 1.807) is 12.1 Å². The lowest BCUT2D eigenvalue weighted by Crippen LogP contribution is -2.13. The van der Waals surface area contributed by atoms with Gasteiger partial charge in [-0.25, -0.2) is 9.78 Å². The van der Waals surface area contributed by atoms with Gasteiger partial charge in [0.15, 0.2) is 0 Å². The quantitative estimate of drug-likeness (QED) is 0.796. The molecule has 2 rings (SSSR count). The van der Waals surface area contributed by atoms with E-state index in [4.69, 9.17) is 0 Å². The summed E-state index contributed by atoms with van der Waals surface area (Å²) in [5.74, 6) is 0.0454. The van der Waals surface area contributed by atoms with Gasteiger partial charge in [-0.2, -0.15) is 0 Å². The van der Waals surface area contributed by atoms with Crippen molar-refractivity contribution in [1.29, 1.82) is 0 Å². The maximum atomic E-state index is 11.3. The molecule has 0 aliphatic heterocycles. The monoisotopic (exact) mass is 289 g/mol. The summed E-state index contributed by atoms with van der Waals surface area (Å²) >= 11 is 0. The molecule has 0 bridgehead atoms. The van der Waals surface area contributed by atoms with Gasteiger partial charge >= 0.3 is 5.97 Å². The maximum absolute atomic E-state index is 11.3. The van der Waals surface area contributed by atoms with Crippen LogP contribution in [0.4, 0.5) is 0 Å². The highest BCUT2D eigenvalue weighted by Crippen LogP contribution is 2.21. The van der Waals surface area contributed by atoms with Crippen LogP contribution in [0.5, 0.6) is 0 Å². The highest BCUT2D eigenvalue weighted by atomic mass is 16.4. The molecule has 1 aromatic heterocycles. The number of unbranched alkanes of at least 4 members (excludes halogenated alkanes) is 1. The van der Waals surface area contributed by atoms with Crippen molar-refractivity contribution in [2.45, 2.75) is 32.7 Å². The van der Waals surface area contributed by atoms with Gasteiger partial charge in [-0.15, -0.1) is 0 Å². The van der Waals surface area contributed by atoms with Crippen LogP contribution in [0.25, 0.3) is 11.0 Å². The second-order valence-corrected chi connectivity index (χ2v) is 5.52. The molecule has 0 spiro atoms. The molecule has 1 aromatic carbocycles. The van der Waals surface area contributed by atoms with E-state index in [-0.39, 0.29) is 5.56 Å². The van der Waals surface area contributed by atoms with Crippen LogP contribution < -0.4 is 0 Å². The fourth-order valence-corrected chi connectivity index (χ4v) is 2.59. The summed E-state index contributed by atoms with van der Waals surface area (Å²) in [4.78, 5) is 18.0. The minimum absolute atomic E-state index is 0.286. The number of aromatic carboxylic acids is 1. The largest absolute Gasteiger partial charge is 0.478 e. The molecule has 114 valence electrons. The molecule has 0 aliphatic rings. The van der Waals surface area contributed by atoms with Gasteiger partial charge in [0.05, 0.1) is 11.1 Å². The Morgan fingerprint density at radius 2 is 2.10 bits per heavy atom. The molecule has 0 unspecified atom stereocenters. The SMILES string of the molecule is CCc1nc2c(C(=O)O)cccc2n1CCCCN(C)C. The Hall–Kier alpha value is -1.88. The van der Waals surface area contributed by atoms with Gasteiger partial charge in [0.1, 0.15) is 11.3 Å². The maximum Gasteiger partial charge on any atom is 0.337 e. The van der Waals surface area contributed by atoms with E-state index in [9.17, 15) is 9.90 Å². The Kier molecular flexibility index (Phi) is 4.96. The van der Waals surface area contributed by atoms with Gasteiger partial charge in [0.2, 0.25) is 0 Å². The molecule has 5 nitrogen and oxygen atoms in total. The van der Waals surface area contributed by atoms with Gasteiger partial charge in [-0.05, 0) is 45.6 Å². The normalized spacial score (nSPS) is 11.4. The number of benzene rings is 1. The number of imidazole rings is 1. The molecule has 2 aromatic rings. The van der Waals surface area contributed by atoms with Crippen molar-refractivity contribution in [2.75, 3.05) is 20.6 Å². The minimum atomic E-state index is -0.916. The van der Waals surface area contributed by atoms with Crippen LogP contribution in [0, 0.1) is 0 Å². The summed E-state index contributed by atoms with van der Waals surface area (Å²) in [6, 6.07) is 5.37. The van der Waals surface area contributed by atoms with Crippen LogP contribution in [0.3, 0.4) is 0 Å². The number of para-hydroxylation sites is 1. The third kappa shape index (κ3) is 3.42. The number of hydrogen-bond donors (Lipinski definition) is 1. The number of carboxylic acid groups (broad SMARTS) is 1. The first kappa shape index (κ1) is 15.5. The molecule has 0 fully saturated rings. The lowest BCUT2D eigenvalue weighted by molar-refractivity contribution is 0.0699. The molecule has 21 heavy (non-hydrogen) atoms. The summed E-state index contributed by atoms with van der Waals surface area (Å²) in [6.45, 7) is 4.00. The first-order chi connectivity index (χ1) is 10.0. The molecular formula is C16H23N3O2. The lowest BCUT2D eigenvalue weighted by Gasteiger charge is -2.11. The van der Waals surface area contributed by atoms with E-state index in [1.165, 1.54) is 0 Å². The van der Waals surface area contributed by atoms with E-state index < -0.39 is 5.97 Å². The number of carbonyl (C=O) groups is 1. The smallest absolute Gasteiger partial charge is 0.337 e. The van der Waals surface area contributed by atoms with Crippen molar-refractivity contribution in [3.05, 3.63) is 29.6 Å². The van der Waals surface area contributed by atoms with Gasteiger partial charge in [-0.3, -0.25) is 0 Å². The fraction of sp³-hybridized carbons (Fsp3) is 0.500. The number of nitrogens with zero attached hydrogens (tertiary/aromatic N) is 3. The van der Waals surface area contributed by atoms with Crippen molar-refractivity contribution >= 4 is 17.0 Å². The van der Waals surface area contributed by atoms with Crippen LogP contribution in [-0.4, -0.2) is 46.2 Å². The van der Waals surface area contributed by atoms with Crippen molar-refractivity contribution in [2.24, 2.45) is 0 Å². The summed E-state index contributed by atoms with van der Waals surface area (Å²) in [7, 11) is 4.15. The van der Waals surface area contributed by atoms with Crippen LogP contribution >= 0.6 is 0 Å². The number of hydrogen-bond acceptors (Lipinski definition) is 3. The summed E-state index contributed by atoms with van der Waals surface area (Å²) in [5.41, 5.74) is 1.82. The molecule has 1 heterocycles. The van der Waals surface area contributed by atoms with Crippen molar-refractivity contribution in [3.8, 4) is 0 Å². The number of aryl methyl sites for hydroxylation is 2. The zero-order valence-corrected chi connectivity index (χ0v) is 13.0. The molecular weight excluding hydrogens is 266 g/mol. The zero-order chi connectivity index (χ0) is 15.4. The average molecular weight is 289 g/mol. The highest BCUT2D eigenvalue weighted by molar-refractivity contribution is 6.01. The molecule has 0 aliphatic carbocycles. The third-order valence-electron chi connectivity index (χ3n) is 3.64. The van der Waals surface area contributed by atoms with Crippen molar-refractivity contribution in [3.63, 3.8) is 0 Å². The summed E-state index contributed by atoms with van der Waals surface area (Å²) in [6.07, 6.45) is 2.99. The van der Waals surface area contributed by atoms with Crippen LogP contribution in [0.2, 0.25) is 0 Å². The van der Waals surface area contributed by atoms with Gasteiger partial charge in [0, 0.05) is 13.0 Å². The number of carboxylic acids is 1. The molecule has 1 N–H and O–H groups in total. The molecule has 5 heteroatoms. The Labute approximate surface area is 125 Å². The van der Waals surface area contributed by atoms with E-state index >= 15 is 0 Å². The molecule has 0 saturated heterocycles. The first-order valence-electron chi connectivity index (χ1n) is 7.40. The lowest BCUT2D eigenvalue weighted by atomic mass is 10.2. The fourth-order valence-electron chi connectivity index (χ4n) is 2.59. The molecule has 0 atom stereocenters. The van der Waals surface area contributed by atoms with Crippen LogP contribution in [0.15, 0.2) is 18.2 Å². The standard InChI is InChI=1S/C16H23N3O2/c1-4-14-17-15-12(16(20)21)8-7-9-13(15)19(14)11-6-5-10-18(2)3/h7-9H,4-6,10-11H2,1-3H3,(H,20,21). The summed E-state index contributed by atoms with van der Waals surface area (Å²) < 4.78 is 2.16. The van der Waals surface area contributed by atoms with E-state index in [1.807, 2.05) is 6.07 Å². The molecule has 0 saturated carbocycles. The predicted octanol–water partition coefficient (Wildman–Crippen LogP) is 2.64. The van der Waals surface area contributed by atoms with Gasteiger partial charge < -0.3 is 14.6 Å². The third-order valence-corrected chi connectivity index (χ3v) is 3.64. The summed E-state index contributed by atoms with van der Waals surface area (Å²) in [5, 5.41) is 9.28. The Bertz CT molecular complexity index is 632. The topological polar surface area (TPSA) is 58.4 Å². The Morgan fingerprint density at radius 1 is 1.33 bits per heavy atom. The number of fused-ring (bicyclic) bond motifs is 1. The Morgan fingerprint density at radius 3 is 2.71 bits per heavy atom. The Balaban J connectivity index is 2.29. The number of rotatable bonds is 7. The predicted molar refractivity (Wildman–Crippen MR) is 83.9 cm³/mol. The molecule has 0 radical (unpaired) electrons. The van der Waals surface area contributed by atoms with Crippen LogP contribution in [-0.2, 0) is 13.0 Å². The number of aromatic nitrogens is 2. The van der Waals surface area contributed by atoms with E-state index in [0.29, 0.717) is 5.52 Å². The van der Waals surface area contributed by atoms with E-state index in [0.717, 1.165) is 43.7 Å². The second-order valence-electron chi connectivity index (χ2n) is 5.52. The first-order valence-corrected chi connectivity index (χ1v) is 7.40.